The van der Waals surface area contributed by atoms with Gasteiger partial charge in [0.15, 0.2) is 0 Å². The molecule has 1 saturated carbocycles. The van der Waals surface area contributed by atoms with Gasteiger partial charge in [-0.25, -0.2) is 8.42 Å². The lowest BCUT2D eigenvalue weighted by Gasteiger charge is -2.15. The molecule has 2 rings (SSSR count). The molecule has 0 aromatic carbocycles. The molecule has 0 radical (unpaired) electrons. The number of hydrogen-bond acceptors (Lipinski definition) is 3. The normalized spacial score (nSPS) is 16.9. The Bertz CT molecular complexity index is 496. The van der Waals surface area contributed by atoms with Crippen LogP contribution in [-0.4, -0.2) is 30.8 Å². The van der Waals surface area contributed by atoms with Crippen molar-refractivity contribution in [2.24, 2.45) is 0 Å². The van der Waals surface area contributed by atoms with E-state index < -0.39 is 10.0 Å². The molecule has 82 valence electrons. The molecule has 15 heavy (non-hydrogen) atoms. The van der Waals surface area contributed by atoms with Crippen LogP contribution < -0.4 is 5.56 Å². The average molecular weight is 228 g/mol. The van der Waals surface area contributed by atoms with Crippen molar-refractivity contribution in [2.45, 2.75) is 23.8 Å². The topological polar surface area (TPSA) is 70.2 Å². The molecule has 1 N–H and O–H groups in total. The molecule has 6 heteroatoms. The maximum atomic E-state index is 11.9. The molecular weight excluding hydrogens is 216 g/mol. The van der Waals surface area contributed by atoms with E-state index >= 15 is 0 Å². The Hall–Kier alpha value is -1.14. The molecule has 1 fully saturated rings. The van der Waals surface area contributed by atoms with Crippen LogP contribution in [0.5, 0.6) is 0 Å². The van der Waals surface area contributed by atoms with Crippen LogP contribution in [0, 0.1) is 0 Å². The second-order valence-electron chi connectivity index (χ2n) is 3.64. The van der Waals surface area contributed by atoms with E-state index in [4.69, 9.17) is 0 Å². The van der Waals surface area contributed by atoms with Crippen molar-refractivity contribution in [3.63, 3.8) is 0 Å². The molecule has 0 aliphatic heterocycles. The van der Waals surface area contributed by atoms with Gasteiger partial charge in [0, 0.05) is 25.4 Å². The summed E-state index contributed by atoms with van der Waals surface area (Å²) < 4.78 is 25.2. The maximum Gasteiger partial charge on any atom is 0.247 e. The van der Waals surface area contributed by atoms with E-state index in [1.807, 2.05) is 0 Å². The summed E-state index contributed by atoms with van der Waals surface area (Å²) in [7, 11) is -1.86. The highest BCUT2D eigenvalue weighted by atomic mass is 32.2. The van der Waals surface area contributed by atoms with Gasteiger partial charge in [0.05, 0.1) is 4.90 Å². The molecule has 1 aromatic heterocycles. The molecular formula is C9H12N2O3S. The number of aromatic nitrogens is 1. The predicted octanol–water partition coefficient (Wildman–Crippen LogP) is 0.158. The summed E-state index contributed by atoms with van der Waals surface area (Å²) in [5.41, 5.74) is -0.303. The van der Waals surface area contributed by atoms with Gasteiger partial charge in [-0.1, -0.05) is 0 Å². The highest BCUT2D eigenvalue weighted by molar-refractivity contribution is 7.89. The van der Waals surface area contributed by atoms with E-state index in [1.54, 1.807) is 7.05 Å². The standard InChI is InChI=1S/C9H12N2O3S/c1-11(7-2-3-7)15(13,14)8-4-5-9(12)10-6-8/h4-7H,2-3H2,1H3,(H,10,12). The number of nitrogens with one attached hydrogen (secondary N) is 1. The molecule has 0 unspecified atom stereocenters. The van der Waals surface area contributed by atoms with E-state index in [0.29, 0.717) is 0 Å². The highest BCUT2D eigenvalue weighted by Gasteiger charge is 2.34. The summed E-state index contributed by atoms with van der Waals surface area (Å²) in [6, 6.07) is 2.67. The van der Waals surface area contributed by atoms with Crippen LogP contribution in [0.3, 0.4) is 0 Å². The van der Waals surface area contributed by atoms with Crippen molar-refractivity contribution in [1.29, 1.82) is 0 Å². The Morgan fingerprint density at radius 2 is 2.07 bits per heavy atom. The molecule has 1 heterocycles. The van der Waals surface area contributed by atoms with Gasteiger partial charge in [0.25, 0.3) is 0 Å². The van der Waals surface area contributed by atoms with Gasteiger partial charge < -0.3 is 4.98 Å². The van der Waals surface area contributed by atoms with Crippen molar-refractivity contribution in [1.82, 2.24) is 9.29 Å². The van der Waals surface area contributed by atoms with E-state index in [1.165, 1.54) is 22.6 Å². The number of nitrogens with zero attached hydrogens (tertiary/aromatic N) is 1. The first kappa shape index (κ1) is 10.4. The molecule has 0 bridgehead atoms. The lowest BCUT2D eigenvalue weighted by Crippen LogP contribution is -2.29. The number of pyridine rings is 1. The van der Waals surface area contributed by atoms with Crippen LogP contribution in [0.1, 0.15) is 12.8 Å². The van der Waals surface area contributed by atoms with Crippen LogP contribution in [0.25, 0.3) is 0 Å². The third-order valence-electron chi connectivity index (χ3n) is 2.49. The Morgan fingerprint density at radius 3 is 2.53 bits per heavy atom. The fourth-order valence-electron chi connectivity index (χ4n) is 1.36. The molecule has 0 atom stereocenters. The van der Waals surface area contributed by atoms with Gasteiger partial charge in [0.1, 0.15) is 0 Å². The molecule has 1 aromatic rings. The number of H-pyrrole nitrogens is 1. The van der Waals surface area contributed by atoms with E-state index in [-0.39, 0.29) is 16.5 Å². The molecule has 1 aliphatic rings. The van der Waals surface area contributed by atoms with Crippen LogP contribution in [0.15, 0.2) is 28.0 Å². The molecule has 0 saturated heterocycles. The van der Waals surface area contributed by atoms with E-state index in [9.17, 15) is 13.2 Å². The lowest BCUT2D eigenvalue weighted by molar-refractivity contribution is 0.464. The van der Waals surface area contributed by atoms with Crippen LogP contribution in [0.4, 0.5) is 0 Å². The molecule has 5 nitrogen and oxygen atoms in total. The minimum absolute atomic E-state index is 0.127. The summed E-state index contributed by atoms with van der Waals surface area (Å²) >= 11 is 0. The summed E-state index contributed by atoms with van der Waals surface area (Å²) in [6.45, 7) is 0. The minimum Gasteiger partial charge on any atom is -0.328 e. The van der Waals surface area contributed by atoms with Crippen molar-refractivity contribution < 1.29 is 8.42 Å². The minimum atomic E-state index is -3.43. The Labute approximate surface area is 87.8 Å². The zero-order chi connectivity index (χ0) is 11.1. The average Bonchev–Trinajstić information content (AvgIpc) is 3.00. The van der Waals surface area contributed by atoms with Crippen molar-refractivity contribution in [2.75, 3.05) is 7.05 Å². The number of sulfonamides is 1. The van der Waals surface area contributed by atoms with Crippen LogP contribution >= 0.6 is 0 Å². The van der Waals surface area contributed by atoms with Gasteiger partial charge in [0.2, 0.25) is 15.6 Å². The van der Waals surface area contributed by atoms with Gasteiger partial charge in [-0.3, -0.25) is 4.79 Å². The lowest BCUT2D eigenvalue weighted by atomic mass is 10.5. The molecule has 0 amide bonds. The first-order valence-corrected chi connectivity index (χ1v) is 6.12. The summed E-state index contributed by atoms with van der Waals surface area (Å²) in [6.07, 6.45) is 3.06. The Kier molecular flexibility index (Phi) is 2.40. The van der Waals surface area contributed by atoms with Gasteiger partial charge >= 0.3 is 0 Å². The number of hydrogen-bond donors (Lipinski definition) is 1. The Morgan fingerprint density at radius 1 is 1.40 bits per heavy atom. The number of rotatable bonds is 3. The zero-order valence-corrected chi connectivity index (χ0v) is 9.12. The second kappa shape index (κ2) is 3.46. The highest BCUT2D eigenvalue weighted by Crippen LogP contribution is 2.29. The first-order valence-electron chi connectivity index (χ1n) is 4.68. The van der Waals surface area contributed by atoms with Gasteiger partial charge in [-0.2, -0.15) is 4.31 Å². The summed E-state index contributed by atoms with van der Waals surface area (Å²) in [5.74, 6) is 0. The maximum absolute atomic E-state index is 11.9. The zero-order valence-electron chi connectivity index (χ0n) is 8.30. The van der Waals surface area contributed by atoms with E-state index in [0.717, 1.165) is 12.8 Å². The van der Waals surface area contributed by atoms with Crippen molar-refractivity contribution in [3.8, 4) is 0 Å². The van der Waals surface area contributed by atoms with Crippen LogP contribution in [-0.2, 0) is 10.0 Å². The summed E-state index contributed by atoms with van der Waals surface area (Å²) in [4.78, 5) is 13.3. The fourth-order valence-corrected chi connectivity index (χ4v) is 2.74. The predicted molar refractivity (Wildman–Crippen MR) is 55.0 cm³/mol. The van der Waals surface area contributed by atoms with E-state index in [2.05, 4.69) is 4.98 Å². The monoisotopic (exact) mass is 228 g/mol. The quantitative estimate of drug-likeness (QED) is 0.801. The largest absolute Gasteiger partial charge is 0.328 e. The first-order chi connectivity index (χ1) is 7.01. The fraction of sp³-hybridized carbons (Fsp3) is 0.444. The van der Waals surface area contributed by atoms with Crippen LogP contribution in [0.2, 0.25) is 0 Å². The molecule has 1 aliphatic carbocycles. The van der Waals surface area contributed by atoms with Crippen molar-refractivity contribution in [3.05, 3.63) is 28.7 Å². The smallest absolute Gasteiger partial charge is 0.247 e. The second-order valence-corrected chi connectivity index (χ2v) is 5.64. The van der Waals surface area contributed by atoms with Crippen molar-refractivity contribution >= 4 is 10.0 Å². The number of aromatic amines is 1. The summed E-state index contributed by atoms with van der Waals surface area (Å²) in [5, 5.41) is 0. The van der Waals surface area contributed by atoms with Gasteiger partial charge in [-0.05, 0) is 18.9 Å². The third kappa shape index (κ3) is 1.95. The Balaban J connectivity index is 2.36. The molecule has 0 spiro atoms. The van der Waals surface area contributed by atoms with Gasteiger partial charge in [-0.15, -0.1) is 0 Å². The SMILES string of the molecule is CN(C1CC1)S(=O)(=O)c1ccc(=O)[nH]c1. The third-order valence-corrected chi connectivity index (χ3v) is 4.40.